The van der Waals surface area contributed by atoms with E-state index >= 15 is 0 Å². The second-order valence-electron chi connectivity index (χ2n) is 4.52. The molecule has 20 heavy (non-hydrogen) atoms. The summed E-state index contributed by atoms with van der Waals surface area (Å²) >= 11 is 0. The minimum Gasteiger partial charge on any atom is -0.360 e. The molecule has 0 aliphatic rings. The second kappa shape index (κ2) is 4.92. The smallest absolute Gasteiger partial charge is 0.296 e. The summed E-state index contributed by atoms with van der Waals surface area (Å²) in [7, 11) is 0. The lowest BCUT2D eigenvalue weighted by Crippen LogP contribution is -2.23. The van der Waals surface area contributed by atoms with Crippen molar-refractivity contribution in [3.05, 3.63) is 46.4 Å². The van der Waals surface area contributed by atoms with Gasteiger partial charge in [0.2, 0.25) is 0 Å². The van der Waals surface area contributed by atoms with Crippen molar-refractivity contribution >= 4 is 10.9 Å². The van der Waals surface area contributed by atoms with Crippen molar-refractivity contribution in [2.75, 3.05) is 0 Å². The zero-order valence-electron chi connectivity index (χ0n) is 11.5. The van der Waals surface area contributed by atoms with Crippen LogP contribution in [0.5, 0.6) is 0 Å². The number of aromatic nitrogens is 3. The van der Waals surface area contributed by atoms with Crippen LogP contribution in [0.15, 0.2) is 39.6 Å². The summed E-state index contributed by atoms with van der Waals surface area (Å²) in [5, 5.41) is 9.14. The summed E-state index contributed by atoms with van der Waals surface area (Å²) in [6.45, 7) is 4.36. The zero-order chi connectivity index (χ0) is 14.1. The van der Waals surface area contributed by atoms with E-state index in [-0.39, 0.29) is 5.56 Å². The predicted octanol–water partition coefficient (Wildman–Crippen LogP) is 2.63. The van der Waals surface area contributed by atoms with Crippen molar-refractivity contribution in [2.24, 2.45) is 0 Å². The Kier molecular flexibility index (Phi) is 3.10. The summed E-state index contributed by atoms with van der Waals surface area (Å²) in [4.78, 5) is 12.3. The molecule has 2 heterocycles. The molecule has 0 amide bonds. The van der Waals surface area contributed by atoms with E-state index in [1.165, 1.54) is 4.68 Å². The molecule has 2 aromatic heterocycles. The maximum atomic E-state index is 12.3. The van der Waals surface area contributed by atoms with E-state index in [0.717, 1.165) is 16.6 Å². The van der Waals surface area contributed by atoms with Gasteiger partial charge in [-0.05, 0) is 6.92 Å². The van der Waals surface area contributed by atoms with Crippen LogP contribution in [0.3, 0.4) is 0 Å². The number of hydrogen-bond donors (Lipinski definition) is 0. The van der Waals surface area contributed by atoms with Crippen LogP contribution in [-0.4, -0.2) is 14.9 Å². The third-order valence-corrected chi connectivity index (χ3v) is 3.33. The third-order valence-electron chi connectivity index (χ3n) is 3.33. The molecule has 0 fully saturated rings. The number of benzene rings is 1. The molecule has 0 saturated carbocycles. The molecule has 5 heteroatoms. The van der Waals surface area contributed by atoms with Gasteiger partial charge in [-0.3, -0.25) is 4.79 Å². The average molecular weight is 269 g/mol. The highest BCUT2D eigenvalue weighted by molar-refractivity contribution is 5.93. The van der Waals surface area contributed by atoms with Gasteiger partial charge in [-0.25, -0.2) is 4.68 Å². The first-order valence-electron chi connectivity index (χ1n) is 6.71. The first-order chi connectivity index (χ1) is 9.76. The third kappa shape index (κ3) is 1.82. The summed E-state index contributed by atoms with van der Waals surface area (Å²) in [6, 6.07) is 9.79. The molecule has 3 aromatic rings. The lowest BCUT2D eigenvalue weighted by atomic mass is 10.1. The minimum atomic E-state index is -0.203. The van der Waals surface area contributed by atoms with Crippen LogP contribution >= 0.6 is 0 Å². The van der Waals surface area contributed by atoms with E-state index in [0.29, 0.717) is 24.2 Å². The molecular formula is C15H15N3O2. The van der Waals surface area contributed by atoms with E-state index in [2.05, 4.69) is 10.3 Å². The summed E-state index contributed by atoms with van der Waals surface area (Å²) in [5.74, 6) is 0.701. The summed E-state index contributed by atoms with van der Waals surface area (Å²) in [6.07, 6.45) is 0.674. The number of aryl methyl sites for hydroxylation is 2. The van der Waals surface area contributed by atoms with Crippen LogP contribution in [0, 0.1) is 0 Å². The predicted molar refractivity (Wildman–Crippen MR) is 76.6 cm³/mol. The van der Waals surface area contributed by atoms with Crippen LogP contribution in [-0.2, 0) is 13.0 Å². The van der Waals surface area contributed by atoms with Crippen LogP contribution < -0.4 is 5.56 Å². The standard InChI is InChI=1S/C15H15N3O2/c1-3-11-12-13(10-8-6-5-7-9-10)16-18(4-2)15(19)14(12)17-20-11/h5-9H,3-4H2,1-2H3. The number of hydrogen-bond acceptors (Lipinski definition) is 4. The monoisotopic (exact) mass is 269 g/mol. The molecule has 0 radical (unpaired) electrons. The van der Waals surface area contributed by atoms with Crippen molar-refractivity contribution in [1.29, 1.82) is 0 Å². The fourth-order valence-corrected chi connectivity index (χ4v) is 2.31. The molecule has 0 aliphatic heterocycles. The fourth-order valence-electron chi connectivity index (χ4n) is 2.31. The van der Waals surface area contributed by atoms with E-state index in [1.54, 1.807) is 0 Å². The Morgan fingerprint density at radius 1 is 1.20 bits per heavy atom. The molecule has 0 N–H and O–H groups in total. The number of rotatable bonds is 3. The Labute approximate surface area is 115 Å². The van der Waals surface area contributed by atoms with Gasteiger partial charge in [0.25, 0.3) is 5.56 Å². The molecule has 5 nitrogen and oxygen atoms in total. The molecule has 0 spiro atoms. The number of nitrogens with zero attached hydrogens (tertiary/aromatic N) is 3. The van der Waals surface area contributed by atoms with Crippen LogP contribution in [0.2, 0.25) is 0 Å². The largest absolute Gasteiger partial charge is 0.360 e. The quantitative estimate of drug-likeness (QED) is 0.733. The van der Waals surface area contributed by atoms with Crippen LogP contribution in [0.4, 0.5) is 0 Å². The lowest BCUT2D eigenvalue weighted by molar-refractivity contribution is 0.394. The second-order valence-corrected chi connectivity index (χ2v) is 4.52. The SMILES string of the molecule is CCc1onc2c(=O)n(CC)nc(-c3ccccc3)c12. The van der Waals surface area contributed by atoms with Crippen LogP contribution in [0.25, 0.3) is 22.2 Å². The van der Waals surface area contributed by atoms with Gasteiger partial charge < -0.3 is 4.52 Å². The maximum absolute atomic E-state index is 12.3. The first kappa shape index (κ1) is 12.6. The van der Waals surface area contributed by atoms with E-state index in [1.807, 2.05) is 44.2 Å². The van der Waals surface area contributed by atoms with Gasteiger partial charge in [0, 0.05) is 18.5 Å². The molecule has 0 unspecified atom stereocenters. The topological polar surface area (TPSA) is 60.9 Å². The Morgan fingerprint density at radius 3 is 2.60 bits per heavy atom. The van der Waals surface area contributed by atoms with E-state index < -0.39 is 0 Å². The molecule has 1 aromatic carbocycles. The first-order valence-corrected chi connectivity index (χ1v) is 6.71. The highest BCUT2D eigenvalue weighted by Crippen LogP contribution is 2.27. The Hall–Kier alpha value is -2.43. The van der Waals surface area contributed by atoms with Gasteiger partial charge in [-0.15, -0.1) is 0 Å². The zero-order valence-corrected chi connectivity index (χ0v) is 11.5. The van der Waals surface area contributed by atoms with Gasteiger partial charge in [-0.2, -0.15) is 5.10 Å². The average Bonchev–Trinajstić information content (AvgIpc) is 2.93. The molecular weight excluding hydrogens is 254 g/mol. The molecule has 3 rings (SSSR count). The molecule has 0 aliphatic carbocycles. The van der Waals surface area contributed by atoms with Crippen molar-refractivity contribution in [3.8, 4) is 11.3 Å². The van der Waals surface area contributed by atoms with Crippen LogP contribution in [0.1, 0.15) is 19.6 Å². The maximum Gasteiger partial charge on any atom is 0.296 e. The van der Waals surface area contributed by atoms with Gasteiger partial charge in [0.15, 0.2) is 5.52 Å². The van der Waals surface area contributed by atoms with Gasteiger partial charge in [-0.1, -0.05) is 42.4 Å². The summed E-state index contributed by atoms with van der Waals surface area (Å²) < 4.78 is 6.73. The van der Waals surface area contributed by atoms with Gasteiger partial charge in [0.05, 0.1) is 5.39 Å². The molecule has 0 bridgehead atoms. The Balaban J connectivity index is 2.43. The fraction of sp³-hybridized carbons (Fsp3) is 0.267. The van der Waals surface area contributed by atoms with Crippen molar-refractivity contribution in [1.82, 2.24) is 14.9 Å². The van der Waals surface area contributed by atoms with Crippen molar-refractivity contribution < 1.29 is 4.52 Å². The molecule has 102 valence electrons. The number of fused-ring (bicyclic) bond motifs is 1. The van der Waals surface area contributed by atoms with Crippen molar-refractivity contribution in [3.63, 3.8) is 0 Å². The highest BCUT2D eigenvalue weighted by atomic mass is 16.5. The Bertz CT molecular complexity index is 803. The normalized spacial score (nSPS) is 11.1. The highest BCUT2D eigenvalue weighted by Gasteiger charge is 2.19. The summed E-state index contributed by atoms with van der Waals surface area (Å²) in [5.41, 5.74) is 1.86. The molecule has 0 saturated heterocycles. The Morgan fingerprint density at radius 2 is 1.95 bits per heavy atom. The van der Waals surface area contributed by atoms with E-state index in [4.69, 9.17) is 4.52 Å². The van der Waals surface area contributed by atoms with E-state index in [9.17, 15) is 4.79 Å². The van der Waals surface area contributed by atoms with Gasteiger partial charge in [0.1, 0.15) is 11.5 Å². The van der Waals surface area contributed by atoms with Gasteiger partial charge >= 0.3 is 0 Å². The molecule has 0 atom stereocenters. The minimum absolute atomic E-state index is 0.203. The lowest BCUT2D eigenvalue weighted by Gasteiger charge is -2.06. The van der Waals surface area contributed by atoms with Crippen molar-refractivity contribution in [2.45, 2.75) is 26.8 Å².